The van der Waals surface area contributed by atoms with Gasteiger partial charge < -0.3 is 9.73 Å². The maximum Gasteiger partial charge on any atom is 0.187 e. The second-order valence-corrected chi connectivity index (χ2v) is 3.23. The minimum atomic E-state index is 0.453. The van der Waals surface area contributed by atoms with Crippen molar-refractivity contribution in [3.05, 3.63) is 36.3 Å². The molecule has 80 valence electrons. The van der Waals surface area contributed by atoms with Crippen LogP contribution in [0.1, 0.15) is 11.5 Å². The minimum Gasteiger partial charge on any atom is -0.460 e. The van der Waals surface area contributed by atoms with Gasteiger partial charge in [0.2, 0.25) is 0 Å². The topological polar surface area (TPSA) is 49.6 Å². The van der Waals surface area contributed by atoms with Crippen LogP contribution in [-0.2, 0) is 0 Å². The summed E-state index contributed by atoms with van der Waals surface area (Å²) in [5, 5.41) is 7.24. The second-order valence-electron chi connectivity index (χ2n) is 2.82. The molecule has 1 aromatic heterocycles. The van der Waals surface area contributed by atoms with Crippen molar-refractivity contribution >= 4 is 23.5 Å². The molecule has 0 spiro atoms. The Balaban J connectivity index is 2.33. The summed E-state index contributed by atoms with van der Waals surface area (Å²) in [4.78, 5) is 0. The van der Waals surface area contributed by atoms with Crippen molar-refractivity contribution in [2.45, 2.75) is 6.92 Å². The molecule has 15 heavy (non-hydrogen) atoms. The first-order valence-electron chi connectivity index (χ1n) is 4.46. The molecule has 0 saturated heterocycles. The molecule has 0 bridgehead atoms. The van der Waals surface area contributed by atoms with Gasteiger partial charge in [-0.3, -0.25) is 5.43 Å². The molecule has 5 heteroatoms. The van der Waals surface area contributed by atoms with Gasteiger partial charge in [0, 0.05) is 6.54 Å². The number of hydrazone groups is 1. The Bertz CT molecular complexity index is 370. The first kappa shape index (κ1) is 11.5. The first-order chi connectivity index (χ1) is 7.22. The molecule has 0 aromatic carbocycles. The highest BCUT2D eigenvalue weighted by Crippen LogP contribution is 2.02. The summed E-state index contributed by atoms with van der Waals surface area (Å²) in [7, 11) is 0. The van der Waals surface area contributed by atoms with Crippen molar-refractivity contribution in [1.82, 2.24) is 10.7 Å². The van der Waals surface area contributed by atoms with E-state index < -0.39 is 0 Å². The lowest BCUT2D eigenvalue weighted by molar-refractivity contribution is 0.527. The lowest BCUT2D eigenvalue weighted by atomic mass is 10.4. The third-order valence-corrected chi connectivity index (χ3v) is 1.76. The average Bonchev–Trinajstić information content (AvgIpc) is 2.61. The Hall–Kier alpha value is -1.62. The molecule has 1 aromatic rings. The lowest BCUT2D eigenvalue weighted by Crippen LogP contribution is -2.31. The number of rotatable bonds is 4. The Morgan fingerprint density at radius 3 is 3.07 bits per heavy atom. The average molecular weight is 223 g/mol. The normalized spacial score (nSPS) is 10.2. The molecule has 0 atom stereocenters. The van der Waals surface area contributed by atoms with E-state index in [9.17, 15) is 0 Å². The molecule has 0 aliphatic rings. The van der Waals surface area contributed by atoms with Crippen LogP contribution in [0.2, 0.25) is 0 Å². The fraction of sp³-hybridized carbons (Fsp3) is 0.200. The van der Waals surface area contributed by atoms with E-state index in [2.05, 4.69) is 22.4 Å². The van der Waals surface area contributed by atoms with Crippen LogP contribution in [-0.4, -0.2) is 17.9 Å². The van der Waals surface area contributed by atoms with Crippen molar-refractivity contribution in [1.29, 1.82) is 0 Å². The minimum absolute atomic E-state index is 0.453. The van der Waals surface area contributed by atoms with Crippen LogP contribution in [0.25, 0.3) is 0 Å². The van der Waals surface area contributed by atoms with Crippen LogP contribution < -0.4 is 10.7 Å². The van der Waals surface area contributed by atoms with E-state index in [-0.39, 0.29) is 0 Å². The van der Waals surface area contributed by atoms with E-state index in [0.717, 1.165) is 5.76 Å². The van der Waals surface area contributed by atoms with Gasteiger partial charge >= 0.3 is 0 Å². The highest BCUT2D eigenvalue weighted by Gasteiger charge is 1.93. The smallest absolute Gasteiger partial charge is 0.187 e. The second kappa shape index (κ2) is 5.98. The highest BCUT2D eigenvalue weighted by atomic mass is 32.1. The van der Waals surface area contributed by atoms with E-state index in [4.69, 9.17) is 16.6 Å². The predicted molar refractivity (Wildman–Crippen MR) is 65.0 cm³/mol. The van der Waals surface area contributed by atoms with Gasteiger partial charge in [-0.05, 0) is 31.3 Å². The van der Waals surface area contributed by atoms with Crippen LogP contribution in [0.15, 0.2) is 34.3 Å². The summed E-state index contributed by atoms with van der Waals surface area (Å²) in [5.41, 5.74) is 2.66. The van der Waals surface area contributed by atoms with Gasteiger partial charge in [-0.25, -0.2) is 0 Å². The van der Waals surface area contributed by atoms with Gasteiger partial charge in [0.25, 0.3) is 0 Å². The summed E-state index contributed by atoms with van der Waals surface area (Å²) < 4.78 is 5.28. The van der Waals surface area contributed by atoms with Gasteiger partial charge in [-0.1, -0.05) is 6.08 Å². The van der Waals surface area contributed by atoms with Crippen molar-refractivity contribution in [3.63, 3.8) is 0 Å². The van der Waals surface area contributed by atoms with Crippen LogP contribution in [0.4, 0.5) is 0 Å². The molecule has 0 aliphatic heterocycles. The Labute approximate surface area is 94.0 Å². The van der Waals surface area contributed by atoms with Gasteiger partial charge in [-0.2, -0.15) is 5.10 Å². The van der Waals surface area contributed by atoms with Crippen molar-refractivity contribution in [3.8, 4) is 0 Å². The maximum absolute atomic E-state index is 5.28. The van der Waals surface area contributed by atoms with Crippen LogP contribution in [0.5, 0.6) is 0 Å². The summed E-state index contributed by atoms with van der Waals surface area (Å²) in [5.74, 6) is 1.54. The molecule has 0 saturated carbocycles. The highest BCUT2D eigenvalue weighted by molar-refractivity contribution is 7.80. The molecule has 0 radical (unpaired) electrons. The fourth-order valence-electron chi connectivity index (χ4n) is 0.882. The quantitative estimate of drug-likeness (QED) is 0.352. The number of hydrogen-bond donors (Lipinski definition) is 2. The molecular weight excluding hydrogens is 210 g/mol. The third-order valence-electron chi connectivity index (χ3n) is 1.53. The summed E-state index contributed by atoms with van der Waals surface area (Å²) >= 11 is 4.93. The number of thiocarbonyl (C=S) groups is 1. The molecule has 0 unspecified atom stereocenters. The van der Waals surface area contributed by atoms with E-state index in [1.165, 1.54) is 0 Å². The van der Waals surface area contributed by atoms with E-state index in [0.29, 0.717) is 17.4 Å². The van der Waals surface area contributed by atoms with Crippen molar-refractivity contribution in [2.24, 2.45) is 5.10 Å². The zero-order chi connectivity index (χ0) is 11.1. The number of nitrogens with zero attached hydrogens (tertiary/aromatic N) is 1. The van der Waals surface area contributed by atoms with Crippen LogP contribution in [0.3, 0.4) is 0 Å². The molecule has 1 rings (SSSR count). The molecule has 0 amide bonds. The van der Waals surface area contributed by atoms with E-state index in [1.807, 2.05) is 19.1 Å². The summed E-state index contributed by atoms with van der Waals surface area (Å²) in [6, 6.07) is 3.70. The molecule has 2 N–H and O–H groups in total. The monoisotopic (exact) mass is 223 g/mol. The van der Waals surface area contributed by atoms with Crippen molar-refractivity contribution < 1.29 is 4.42 Å². The van der Waals surface area contributed by atoms with E-state index >= 15 is 0 Å². The molecule has 4 nitrogen and oxygen atoms in total. The van der Waals surface area contributed by atoms with Gasteiger partial charge in [0.1, 0.15) is 11.5 Å². The summed E-state index contributed by atoms with van der Waals surface area (Å²) in [6.07, 6.45) is 3.28. The van der Waals surface area contributed by atoms with Gasteiger partial charge in [0.05, 0.1) is 6.21 Å². The third kappa shape index (κ3) is 4.42. The molecule has 0 aliphatic carbocycles. The van der Waals surface area contributed by atoms with Crippen LogP contribution in [0, 0.1) is 6.92 Å². The van der Waals surface area contributed by atoms with Crippen LogP contribution >= 0.6 is 12.2 Å². The zero-order valence-corrected chi connectivity index (χ0v) is 9.30. The van der Waals surface area contributed by atoms with Gasteiger partial charge in [0.15, 0.2) is 5.11 Å². The van der Waals surface area contributed by atoms with Crippen molar-refractivity contribution in [2.75, 3.05) is 6.54 Å². The number of aryl methyl sites for hydroxylation is 1. The SMILES string of the molecule is C=CCNC(=S)N/N=C\c1ccc(C)o1. The summed E-state index contributed by atoms with van der Waals surface area (Å²) in [6.45, 7) is 6.05. The first-order valence-corrected chi connectivity index (χ1v) is 4.87. The fourth-order valence-corrected chi connectivity index (χ4v) is 1.02. The Morgan fingerprint density at radius 1 is 1.67 bits per heavy atom. The zero-order valence-electron chi connectivity index (χ0n) is 8.49. The number of furan rings is 1. The number of hydrogen-bond acceptors (Lipinski definition) is 3. The molecule has 1 heterocycles. The maximum atomic E-state index is 5.28. The largest absolute Gasteiger partial charge is 0.460 e. The predicted octanol–water partition coefficient (Wildman–Crippen LogP) is 1.57. The Morgan fingerprint density at radius 2 is 2.47 bits per heavy atom. The van der Waals surface area contributed by atoms with E-state index in [1.54, 1.807) is 12.3 Å². The lowest BCUT2D eigenvalue weighted by Gasteiger charge is -2.02. The Kier molecular flexibility index (Phi) is 4.56. The number of nitrogens with one attached hydrogen (secondary N) is 2. The standard InChI is InChI=1S/C10H13N3OS/c1-3-6-11-10(15)13-12-7-9-5-4-8(2)14-9/h3-5,7H,1,6H2,2H3,(H2,11,13,15)/b12-7-. The van der Waals surface area contributed by atoms with Gasteiger partial charge in [-0.15, -0.1) is 6.58 Å². The molecule has 0 fully saturated rings. The molecular formula is C10H13N3OS.